The van der Waals surface area contributed by atoms with Crippen LogP contribution in [0.2, 0.25) is 0 Å². The first kappa shape index (κ1) is 9.75. The Balaban J connectivity index is 2.38. The largest absolute Gasteiger partial charge is 0.481 e. The molecule has 0 unspecified atom stereocenters. The highest BCUT2D eigenvalue weighted by Gasteiger charge is 2.01. The summed E-state index contributed by atoms with van der Waals surface area (Å²) in [5, 5.41) is 16.9. The van der Waals surface area contributed by atoms with E-state index in [1.807, 2.05) is 12.1 Å². The quantitative estimate of drug-likeness (QED) is 0.799. The molecule has 0 spiro atoms. The molecule has 1 aromatic heterocycles. The molecule has 0 atom stereocenters. The van der Waals surface area contributed by atoms with E-state index in [1.165, 1.54) is 11.3 Å². The Labute approximate surface area is 80.2 Å². The third-order valence-corrected chi connectivity index (χ3v) is 2.64. The minimum Gasteiger partial charge on any atom is -0.481 e. The summed E-state index contributed by atoms with van der Waals surface area (Å²) in [6.07, 6.45) is 1.58. The number of hydrogen-bond acceptors (Lipinski definition) is 3. The van der Waals surface area contributed by atoms with Gasteiger partial charge in [0.1, 0.15) is 10.9 Å². The van der Waals surface area contributed by atoms with Crippen molar-refractivity contribution in [2.24, 2.45) is 0 Å². The van der Waals surface area contributed by atoms with E-state index in [9.17, 15) is 4.79 Å². The predicted octanol–water partition coefficient (Wildman–Crippen LogP) is 2.03. The van der Waals surface area contributed by atoms with Crippen molar-refractivity contribution in [2.75, 3.05) is 0 Å². The van der Waals surface area contributed by atoms with Crippen molar-refractivity contribution in [3.63, 3.8) is 0 Å². The Morgan fingerprint density at radius 2 is 2.38 bits per heavy atom. The average molecular weight is 195 g/mol. The molecule has 1 rings (SSSR count). The SMILES string of the molecule is N#Cc1ccc(CCCC(=O)O)s1. The molecule has 0 saturated heterocycles. The molecule has 0 aliphatic carbocycles. The molecule has 0 amide bonds. The number of carboxylic acid groups (broad SMARTS) is 1. The summed E-state index contributed by atoms with van der Waals surface area (Å²) in [6.45, 7) is 0. The molecule has 13 heavy (non-hydrogen) atoms. The van der Waals surface area contributed by atoms with Crippen LogP contribution < -0.4 is 0 Å². The van der Waals surface area contributed by atoms with Gasteiger partial charge in [0.05, 0.1) is 0 Å². The maximum atomic E-state index is 10.2. The van der Waals surface area contributed by atoms with Gasteiger partial charge < -0.3 is 5.11 Å². The summed E-state index contributed by atoms with van der Waals surface area (Å²) >= 11 is 1.43. The van der Waals surface area contributed by atoms with Crippen LogP contribution in [0.5, 0.6) is 0 Å². The first-order valence-corrected chi connectivity index (χ1v) is 4.74. The Morgan fingerprint density at radius 1 is 1.62 bits per heavy atom. The van der Waals surface area contributed by atoms with Gasteiger partial charge >= 0.3 is 5.97 Å². The standard InChI is InChI=1S/C9H9NO2S/c10-6-8-5-4-7(13-8)2-1-3-9(11)12/h4-5H,1-3H2,(H,11,12). The zero-order valence-electron chi connectivity index (χ0n) is 6.99. The molecular weight excluding hydrogens is 186 g/mol. The van der Waals surface area contributed by atoms with Crippen LogP contribution in [0.1, 0.15) is 22.6 Å². The van der Waals surface area contributed by atoms with Crippen molar-refractivity contribution in [2.45, 2.75) is 19.3 Å². The highest BCUT2D eigenvalue weighted by Crippen LogP contribution is 2.17. The van der Waals surface area contributed by atoms with Crippen LogP contribution in [0.3, 0.4) is 0 Å². The number of thiophene rings is 1. The summed E-state index contributed by atoms with van der Waals surface area (Å²) in [5.41, 5.74) is 0. The highest BCUT2D eigenvalue weighted by molar-refractivity contribution is 7.12. The molecule has 0 bridgehead atoms. The van der Waals surface area contributed by atoms with Gasteiger partial charge in [0, 0.05) is 11.3 Å². The van der Waals surface area contributed by atoms with Gasteiger partial charge in [-0.1, -0.05) is 0 Å². The number of rotatable bonds is 4. The number of aliphatic carboxylic acids is 1. The summed E-state index contributed by atoms with van der Waals surface area (Å²) in [6, 6.07) is 5.69. The molecule has 68 valence electrons. The molecule has 0 aliphatic rings. The molecule has 3 nitrogen and oxygen atoms in total. The van der Waals surface area contributed by atoms with Crippen LogP contribution in [0.25, 0.3) is 0 Å². The molecule has 1 aromatic rings. The van der Waals surface area contributed by atoms with Gasteiger partial charge in [-0.05, 0) is 25.0 Å². The van der Waals surface area contributed by atoms with Crippen LogP contribution in [-0.4, -0.2) is 11.1 Å². The van der Waals surface area contributed by atoms with Gasteiger partial charge in [-0.3, -0.25) is 4.79 Å². The zero-order valence-corrected chi connectivity index (χ0v) is 7.80. The van der Waals surface area contributed by atoms with E-state index in [0.717, 1.165) is 11.3 Å². The molecule has 0 aromatic carbocycles. The smallest absolute Gasteiger partial charge is 0.303 e. The Bertz CT molecular complexity index is 338. The number of hydrogen-bond donors (Lipinski definition) is 1. The van der Waals surface area contributed by atoms with Crippen LogP contribution in [0, 0.1) is 11.3 Å². The summed E-state index contributed by atoms with van der Waals surface area (Å²) in [5.74, 6) is -0.767. The number of nitriles is 1. The lowest BCUT2D eigenvalue weighted by Gasteiger charge is -1.92. The van der Waals surface area contributed by atoms with Crippen molar-refractivity contribution in [3.05, 3.63) is 21.9 Å². The van der Waals surface area contributed by atoms with Gasteiger partial charge in [-0.15, -0.1) is 11.3 Å². The lowest BCUT2D eigenvalue weighted by molar-refractivity contribution is -0.137. The highest BCUT2D eigenvalue weighted by atomic mass is 32.1. The summed E-state index contributed by atoms with van der Waals surface area (Å²) in [7, 11) is 0. The van der Waals surface area contributed by atoms with E-state index < -0.39 is 5.97 Å². The average Bonchev–Trinajstić information content (AvgIpc) is 2.52. The number of nitrogens with zero attached hydrogens (tertiary/aromatic N) is 1. The van der Waals surface area contributed by atoms with Crippen molar-refractivity contribution < 1.29 is 9.90 Å². The molecule has 0 fully saturated rings. The topological polar surface area (TPSA) is 61.1 Å². The Hall–Kier alpha value is -1.34. The Kier molecular flexibility index (Phi) is 3.47. The second kappa shape index (κ2) is 4.63. The van der Waals surface area contributed by atoms with Gasteiger partial charge in [-0.2, -0.15) is 5.26 Å². The minimum absolute atomic E-state index is 0.194. The van der Waals surface area contributed by atoms with E-state index >= 15 is 0 Å². The van der Waals surface area contributed by atoms with Gasteiger partial charge in [0.2, 0.25) is 0 Å². The van der Waals surface area contributed by atoms with Crippen molar-refractivity contribution in [3.8, 4) is 6.07 Å². The first-order chi connectivity index (χ1) is 6.22. The Morgan fingerprint density at radius 3 is 2.92 bits per heavy atom. The third kappa shape index (κ3) is 3.26. The molecule has 0 aliphatic heterocycles. The number of carbonyl (C=O) groups is 1. The predicted molar refractivity (Wildman–Crippen MR) is 49.6 cm³/mol. The summed E-state index contributed by atoms with van der Waals surface area (Å²) < 4.78 is 0. The molecular formula is C9H9NO2S. The fourth-order valence-corrected chi connectivity index (χ4v) is 1.83. The number of carboxylic acids is 1. The number of aryl methyl sites for hydroxylation is 1. The van der Waals surface area contributed by atoms with Crippen LogP contribution in [-0.2, 0) is 11.2 Å². The fraction of sp³-hybridized carbons (Fsp3) is 0.333. The van der Waals surface area contributed by atoms with Crippen molar-refractivity contribution in [1.82, 2.24) is 0 Å². The molecule has 1 N–H and O–H groups in total. The second-order valence-electron chi connectivity index (χ2n) is 2.63. The van der Waals surface area contributed by atoms with E-state index in [0.29, 0.717) is 11.3 Å². The van der Waals surface area contributed by atoms with Gasteiger partial charge in [-0.25, -0.2) is 0 Å². The zero-order chi connectivity index (χ0) is 9.68. The fourth-order valence-electron chi connectivity index (χ4n) is 0.986. The van der Waals surface area contributed by atoms with E-state index in [1.54, 1.807) is 6.07 Å². The molecule has 0 saturated carbocycles. The normalized spacial score (nSPS) is 9.46. The molecule has 0 radical (unpaired) electrons. The van der Waals surface area contributed by atoms with Crippen LogP contribution in [0.4, 0.5) is 0 Å². The third-order valence-electron chi connectivity index (χ3n) is 1.59. The lowest BCUT2D eigenvalue weighted by atomic mass is 10.2. The van der Waals surface area contributed by atoms with Gasteiger partial charge in [0.15, 0.2) is 0 Å². The monoisotopic (exact) mass is 195 g/mol. The minimum atomic E-state index is -0.767. The van der Waals surface area contributed by atoms with Crippen molar-refractivity contribution >= 4 is 17.3 Å². The maximum Gasteiger partial charge on any atom is 0.303 e. The molecule has 1 heterocycles. The maximum absolute atomic E-state index is 10.2. The van der Waals surface area contributed by atoms with Crippen LogP contribution in [0.15, 0.2) is 12.1 Å². The lowest BCUT2D eigenvalue weighted by Crippen LogP contribution is -1.94. The van der Waals surface area contributed by atoms with E-state index in [2.05, 4.69) is 0 Å². The van der Waals surface area contributed by atoms with E-state index in [4.69, 9.17) is 10.4 Å². The van der Waals surface area contributed by atoms with E-state index in [-0.39, 0.29) is 6.42 Å². The molecule has 4 heteroatoms. The summed E-state index contributed by atoms with van der Waals surface area (Å²) in [4.78, 5) is 12.0. The van der Waals surface area contributed by atoms with Gasteiger partial charge in [0.25, 0.3) is 0 Å². The second-order valence-corrected chi connectivity index (χ2v) is 3.79. The van der Waals surface area contributed by atoms with Crippen molar-refractivity contribution in [1.29, 1.82) is 5.26 Å². The van der Waals surface area contributed by atoms with Crippen LogP contribution >= 0.6 is 11.3 Å². The first-order valence-electron chi connectivity index (χ1n) is 3.93.